The first-order valence-corrected chi connectivity index (χ1v) is 5.61. The quantitative estimate of drug-likeness (QED) is 0.870. The number of aliphatic carboxylic acids is 1. The van der Waals surface area contributed by atoms with Crippen molar-refractivity contribution in [2.24, 2.45) is 5.73 Å². The molecule has 9 heteroatoms. The average Bonchev–Trinajstić information content (AvgIpc) is 2.24. The van der Waals surface area contributed by atoms with Crippen LogP contribution >= 0.6 is 11.6 Å². The van der Waals surface area contributed by atoms with Crippen molar-refractivity contribution in [3.63, 3.8) is 0 Å². The predicted octanol–water partition coefficient (Wildman–Crippen LogP) is 1.89. The van der Waals surface area contributed by atoms with Gasteiger partial charge in [-0.05, 0) is 18.2 Å². The molecule has 0 fully saturated rings. The van der Waals surface area contributed by atoms with Crippen LogP contribution in [0, 0.1) is 0 Å². The summed E-state index contributed by atoms with van der Waals surface area (Å²) in [4.78, 5) is 22.2. The maximum atomic E-state index is 12.4. The van der Waals surface area contributed by atoms with E-state index in [1.54, 1.807) is 0 Å². The Hall–Kier alpha value is -1.96. The van der Waals surface area contributed by atoms with Crippen LogP contribution < -0.4 is 10.6 Å². The Balaban J connectivity index is 3.10. The molecule has 0 unspecified atom stereocenters. The van der Waals surface area contributed by atoms with E-state index in [0.717, 1.165) is 18.2 Å². The fourth-order valence-corrected chi connectivity index (χ4v) is 1.79. The molecule has 0 aliphatic carbocycles. The molecule has 0 aliphatic rings. The Morgan fingerprint density at radius 1 is 1.35 bits per heavy atom. The molecular formula is C11H10ClF3N2O3. The van der Waals surface area contributed by atoms with Gasteiger partial charge in [0.25, 0.3) is 0 Å². The van der Waals surface area contributed by atoms with Gasteiger partial charge >= 0.3 is 12.1 Å². The van der Waals surface area contributed by atoms with Gasteiger partial charge in [0, 0.05) is 5.69 Å². The summed E-state index contributed by atoms with van der Waals surface area (Å²) in [6.07, 6.45) is -4.58. The van der Waals surface area contributed by atoms with Crippen molar-refractivity contribution in [3.05, 3.63) is 28.8 Å². The van der Waals surface area contributed by atoms with Gasteiger partial charge in [0.2, 0.25) is 5.91 Å². The molecule has 0 saturated carbocycles. The van der Waals surface area contributed by atoms with E-state index in [2.05, 4.69) is 0 Å². The second-order valence-electron chi connectivity index (χ2n) is 3.89. The van der Waals surface area contributed by atoms with Crippen molar-refractivity contribution in [2.45, 2.75) is 6.18 Å². The first kappa shape index (κ1) is 16.1. The van der Waals surface area contributed by atoms with Crippen LogP contribution in [0.15, 0.2) is 18.2 Å². The molecular weight excluding hydrogens is 301 g/mol. The highest BCUT2D eigenvalue weighted by atomic mass is 35.5. The Labute approximate surface area is 116 Å². The maximum Gasteiger partial charge on any atom is 0.405 e. The second kappa shape index (κ2) is 6.00. The zero-order valence-corrected chi connectivity index (χ0v) is 10.7. The molecule has 3 N–H and O–H groups in total. The number of carbonyl (C=O) groups excluding carboxylic acids is 1. The van der Waals surface area contributed by atoms with Crippen LogP contribution in [0.1, 0.15) is 10.4 Å². The van der Waals surface area contributed by atoms with Crippen molar-refractivity contribution in [2.75, 3.05) is 18.0 Å². The smallest absolute Gasteiger partial charge is 0.405 e. The van der Waals surface area contributed by atoms with E-state index in [-0.39, 0.29) is 16.3 Å². The van der Waals surface area contributed by atoms with Gasteiger partial charge in [-0.3, -0.25) is 9.59 Å². The summed E-state index contributed by atoms with van der Waals surface area (Å²) in [7, 11) is 0. The largest absolute Gasteiger partial charge is 0.480 e. The minimum atomic E-state index is -4.58. The van der Waals surface area contributed by atoms with Gasteiger partial charge in [-0.2, -0.15) is 13.2 Å². The SMILES string of the molecule is NC(=O)c1ccc(N(CC(=O)O)CC(F)(F)F)cc1Cl. The summed E-state index contributed by atoms with van der Waals surface area (Å²) in [6.45, 7) is -2.31. The normalized spacial score (nSPS) is 11.2. The van der Waals surface area contributed by atoms with Crippen LogP contribution in [0.2, 0.25) is 5.02 Å². The number of carbonyl (C=O) groups is 2. The monoisotopic (exact) mass is 310 g/mol. The Morgan fingerprint density at radius 2 is 1.95 bits per heavy atom. The predicted molar refractivity (Wildman–Crippen MR) is 65.9 cm³/mol. The van der Waals surface area contributed by atoms with E-state index in [4.69, 9.17) is 22.4 Å². The van der Waals surface area contributed by atoms with E-state index in [1.807, 2.05) is 0 Å². The van der Waals surface area contributed by atoms with Gasteiger partial charge in [0.15, 0.2) is 0 Å². The first-order chi connectivity index (χ1) is 9.10. The number of amides is 1. The molecule has 0 bridgehead atoms. The number of primary amides is 1. The number of halogens is 4. The van der Waals surface area contributed by atoms with Crippen molar-refractivity contribution < 1.29 is 27.9 Å². The van der Waals surface area contributed by atoms with Gasteiger partial charge < -0.3 is 15.7 Å². The maximum absolute atomic E-state index is 12.4. The van der Waals surface area contributed by atoms with Crippen molar-refractivity contribution >= 4 is 29.2 Å². The molecule has 0 spiro atoms. The first-order valence-electron chi connectivity index (χ1n) is 5.23. The van der Waals surface area contributed by atoms with Gasteiger partial charge in [0.1, 0.15) is 13.1 Å². The Bertz CT molecular complexity index is 534. The van der Waals surface area contributed by atoms with Crippen LogP contribution in [-0.2, 0) is 4.79 Å². The molecule has 20 heavy (non-hydrogen) atoms. The molecule has 1 rings (SSSR count). The Kier molecular flexibility index (Phi) is 4.83. The van der Waals surface area contributed by atoms with Crippen LogP contribution in [-0.4, -0.2) is 36.2 Å². The molecule has 0 radical (unpaired) electrons. The zero-order valence-electron chi connectivity index (χ0n) is 9.95. The molecule has 1 aromatic carbocycles. The highest BCUT2D eigenvalue weighted by molar-refractivity contribution is 6.34. The summed E-state index contributed by atoms with van der Waals surface area (Å²) in [6, 6.07) is 3.36. The number of rotatable bonds is 5. The van der Waals surface area contributed by atoms with E-state index in [1.165, 1.54) is 0 Å². The van der Waals surface area contributed by atoms with Crippen LogP contribution in [0.3, 0.4) is 0 Å². The highest BCUT2D eigenvalue weighted by Crippen LogP contribution is 2.26. The van der Waals surface area contributed by atoms with Crippen LogP contribution in [0.25, 0.3) is 0 Å². The van der Waals surface area contributed by atoms with E-state index in [9.17, 15) is 22.8 Å². The van der Waals surface area contributed by atoms with Crippen molar-refractivity contribution in [1.82, 2.24) is 0 Å². The molecule has 0 heterocycles. The number of nitrogens with zero attached hydrogens (tertiary/aromatic N) is 1. The number of hydrogen-bond acceptors (Lipinski definition) is 3. The number of carboxylic acids is 1. The third-order valence-corrected chi connectivity index (χ3v) is 2.59. The summed E-state index contributed by atoms with van der Waals surface area (Å²) < 4.78 is 37.2. The van der Waals surface area contributed by atoms with Gasteiger partial charge in [0.05, 0.1) is 10.6 Å². The molecule has 5 nitrogen and oxygen atoms in total. The molecule has 1 amide bonds. The molecule has 0 saturated heterocycles. The number of carboxylic acid groups (broad SMARTS) is 1. The Morgan fingerprint density at radius 3 is 2.35 bits per heavy atom. The highest BCUT2D eigenvalue weighted by Gasteiger charge is 2.32. The summed E-state index contributed by atoms with van der Waals surface area (Å²) in [5.74, 6) is -2.26. The van der Waals surface area contributed by atoms with Gasteiger partial charge in [-0.25, -0.2) is 0 Å². The standard InChI is InChI=1S/C11H10ClF3N2O3/c12-8-3-6(1-2-7(8)10(16)20)17(4-9(18)19)5-11(13,14)15/h1-3H,4-5H2,(H2,16,20)(H,18,19). The third-order valence-electron chi connectivity index (χ3n) is 2.28. The number of anilines is 1. The molecule has 110 valence electrons. The number of benzene rings is 1. The lowest BCUT2D eigenvalue weighted by Crippen LogP contribution is -2.38. The number of hydrogen-bond donors (Lipinski definition) is 2. The lowest BCUT2D eigenvalue weighted by molar-refractivity contribution is -0.136. The average molecular weight is 311 g/mol. The third kappa shape index (κ3) is 4.61. The molecule has 0 aromatic heterocycles. The topological polar surface area (TPSA) is 83.6 Å². The van der Waals surface area contributed by atoms with Crippen molar-refractivity contribution in [1.29, 1.82) is 0 Å². The van der Waals surface area contributed by atoms with Crippen LogP contribution in [0.5, 0.6) is 0 Å². The van der Waals surface area contributed by atoms with E-state index >= 15 is 0 Å². The summed E-state index contributed by atoms with van der Waals surface area (Å²) >= 11 is 5.72. The molecule has 1 aromatic rings. The fraction of sp³-hybridized carbons (Fsp3) is 0.273. The minimum absolute atomic E-state index is 0.0577. The lowest BCUT2D eigenvalue weighted by Gasteiger charge is -2.24. The summed E-state index contributed by atoms with van der Waals surface area (Å²) in [5, 5.41) is 8.49. The van der Waals surface area contributed by atoms with E-state index < -0.39 is 31.1 Å². The van der Waals surface area contributed by atoms with Crippen LogP contribution in [0.4, 0.5) is 18.9 Å². The number of alkyl halides is 3. The lowest BCUT2D eigenvalue weighted by atomic mass is 10.2. The minimum Gasteiger partial charge on any atom is -0.480 e. The summed E-state index contributed by atoms with van der Waals surface area (Å²) in [5.41, 5.74) is 4.88. The van der Waals surface area contributed by atoms with E-state index in [0.29, 0.717) is 4.90 Å². The molecule has 0 aliphatic heterocycles. The second-order valence-corrected chi connectivity index (χ2v) is 4.30. The van der Waals surface area contributed by atoms with Gasteiger partial charge in [-0.1, -0.05) is 11.6 Å². The zero-order chi connectivity index (χ0) is 15.5. The molecule has 0 atom stereocenters. The fourth-order valence-electron chi connectivity index (χ4n) is 1.52. The number of nitrogens with two attached hydrogens (primary N) is 1. The van der Waals surface area contributed by atoms with Gasteiger partial charge in [-0.15, -0.1) is 0 Å². The van der Waals surface area contributed by atoms with Crippen molar-refractivity contribution in [3.8, 4) is 0 Å².